The van der Waals surface area contributed by atoms with Crippen molar-refractivity contribution in [3.05, 3.63) is 39.8 Å². The van der Waals surface area contributed by atoms with E-state index in [0.717, 1.165) is 0 Å². The van der Waals surface area contributed by atoms with Gasteiger partial charge in [-0.15, -0.1) is 10.2 Å². The summed E-state index contributed by atoms with van der Waals surface area (Å²) in [7, 11) is 1.56. The van der Waals surface area contributed by atoms with Gasteiger partial charge < -0.3 is 9.30 Å². The number of rotatable bonds is 5. The van der Waals surface area contributed by atoms with E-state index in [4.69, 9.17) is 4.74 Å². The highest BCUT2D eigenvalue weighted by atomic mass is 32.1. The maximum absolute atomic E-state index is 11.7. The zero-order valence-corrected chi connectivity index (χ0v) is 11.0. The standard InChI is InChI=1S/C11H12N4O3S/c1-18-7-9-13-14-11(19-9)12-8(16)6-15-5-3-2-4-10(15)17/h2-5H,6-7H2,1H3,(H,12,14,16). The number of aromatic nitrogens is 3. The van der Waals surface area contributed by atoms with Crippen molar-refractivity contribution in [2.75, 3.05) is 12.4 Å². The third-order valence-electron chi connectivity index (χ3n) is 2.19. The van der Waals surface area contributed by atoms with Crippen LogP contribution in [-0.4, -0.2) is 27.8 Å². The van der Waals surface area contributed by atoms with E-state index in [1.54, 1.807) is 25.4 Å². The highest BCUT2D eigenvalue weighted by Crippen LogP contribution is 2.15. The Morgan fingerprint density at radius 3 is 3.05 bits per heavy atom. The Morgan fingerprint density at radius 1 is 1.47 bits per heavy atom. The summed E-state index contributed by atoms with van der Waals surface area (Å²) in [6.45, 7) is 0.296. The molecule has 2 aromatic rings. The summed E-state index contributed by atoms with van der Waals surface area (Å²) < 4.78 is 6.22. The molecule has 0 fully saturated rings. The van der Waals surface area contributed by atoms with Crippen molar-refractivity contribution in [3.8, 4) is 0 Å². The van der Waals surface area contributed by atoms with Crippen LogP contribution in [0.5, 0.6) is 0 Å². The Balaban J connectivity index is 1.97. The molecule has 1 amide bonds. The number of carbonyl (C=O) groups is 1. The monoisotopic (exact) mass is 280 g/mol. The maximum Gasteiger partial charge on any atom is 0.250 e. The summed E-state index contributed by atoms with van der Waals surface area (Å²) in [5.41, 5.74) is -0.227. The van der Waals surface area contributed by atoms with Gasteiger partial charge in [0.2, 0.25) is 11.0 Å². The quantitative estimate of drug-likeness (QED) is 0.861. The molecular weight excluding hydrogens is 268 g/mol. The van der Waals surface area contributed by atoms with Gasteiger partial charge >= 0.3 is 0 Å². The second-order valence-electron chi connectivity index (χ2n) is 3.65. The van der Waals surface area contributed by atoms with E-state index >= 15 is 0 Å². The molecule has 1 N–H and O–H groups in total. The van der Waals surface area contributed by atoms with E-state index in [9.17, 15) is 9.59 Å². The summed E-state index contributed by atoms with van der Waals surface area (Å²) in [5, 5.41) is 11.3. The largest absolute Gasteiger partial charge is 0.377 e. The van der Waals surface area contributed by atoms with Crippen LogP contribution in [-0.2, 0) is 22.7 Å². The summed E-state index contributed by atoms with van der Waals surface area (Å²) in [6, 6.07) is 4.71. The first-order valence-electron chi connectivity index (χ1n) is 5.45. The molecule has 0 saturated carbocycles. The first kappa shape index (κ1) is 13.4. The average Bonchev–Trinajstić information content (AvgIpc) is 2.80. The smallest absolute Gasteiger partial charge is 0.250 e. The Kier molecular flexibility index (Phi) is 4.37. The van der Waals surface area contributed by atoms with Crippen LogP contribution in [0.1, 0.15) is 5.01 Å². The molecule has 0 aliphatic carbocycles. The van der Waals surface area contributed by atoms with E-state index < -0.39 is 0 Å². The molecule has 19 heavy (non-hydrogen) atoms. The first-order valence-corrected chi connectivity index (χ1v) is 6.27. The topological polar surface area (TPSA) is 86.1 Å². The number of nitrogens with one attached hydrogen (secondary N) is 1. The Morgan fingerprint density at radius 2 is 2.32 bits per heavy atom. The van der Waals surface area contributed by atoms with Crippen LogP contribution >= 0.6 is 11.3 Å². The van der Waals surface area contributed by atoms with Crippen molar-refractivity contribution in [1.29, 1.82) is 0 Å². The summed E-state index contributed by atoms with van der Waals surface area (Å²) in [6.07, 6.45) is 1.55. The number of hydrogen-bond donors (Lipinski definition) is 1. The van der Waals surface area contributed by atoms with Crippen molar-refractivity contribution in [1.82, 2.24) is 14.8 Å². The number of ether oxygens (including phenoxy) is 1. The van der Waals surface area contributed by atoms with Crippen molar-refractivity contribution < 1.29 is 9.53 Å². The maximum atomic E-state index is 11.7. The zero-order valence-electron chi connectivity index (χ0n) is 10.2. The van der Waals surface area contributed by atoms with Crippen LogP contribution in [0.25, 0.3) is 0 Å². The zero-order chi connectivity index (χ0) is 13.7. The Bertz CT molecular complexity index is 622. The minimum atomic E-state index is -0.326. The van der Waals surface area contributed by atoms with Gasteiger partial charge in [-0.2, -0.15) is 0 Å². The molecule has 8 heteroatoms. The lowest BCUT2D eigenvalue weighted by Crippen LogP contribution is -2.26. The summed E-state index contributed by atoms with van der Waals surface area (Å²) in [4.78, 5) is 23.2. The summed E-state index contributed by atoms with van der Waals surface area (Å²) >= 11 is 1.23. The number of carbonyl (C=O) groups excluding carboxylic acids is 1. The van der Waals surface area contributed by atoms with E-state index in [2.05, 4.69) is 15.5 Å². The summed E-state index contributed by atoms with van der Waals surface area (Å²) in [5.74, 6) is -0.326. The highest BCUT2D eigenvalue weighted by molar-refractivity contribution is 7.15. The van der Waals surface area contributed by atoms with Gasteiger partial charge in [-0.05, 0) is 6.07 Å². The van der Waals surface area contributed by atoms with Crippen molar-refractivity contribution >= 4 is 22.4 Å². The fourth-order valence-corrected chi connectivity index (χ4v) is 2.12. The molecule has 2 heterocycles. The lowest BCUT2D eigenvalue weighted by atomic mass is 10.4. The average molecular weight is 280 g/mol. The van der Waals surface area contributed by atoms with E-state index in [-0.39, 0.29) is 18.0 Å². The molecule has 0 aliphatic rings. The molecule has 0 aliphatic heterocycles. The van der Waals surface area contributed by atoms with Crippen LogP contribution in [0.3, 0.4) is 0 Å². The minimum Gasteiger partial charge on any atom is -0.377 e. The molecular formula is C11H12N4O3S. The van der Waals surface area contributed by atoms with Crippen molar-refractivity contribution in [2.24, 2.45) is 0 Å². The van der Waals surface area contributed by atoms with Gasteiger partial charge in [0.1, 0.15) is 18.2 Å². The lowest BCUT2D eigenvalue weighted by molar-refractivity contribution is -0.116. The van der Waals surface area contributed by atoms with Crippen molar-refractivity contribution in [2.45, 2.75) is 13.2 Å². The van der Waals surface area contributed by atoms with Gasteiger partial charge in [0, 0.05) is 19.4 Å². The Labute approximate surface area is 112 Å². The molecule has 2 aromatic heterocycles. The van der Waals surface area contributed by atoms with E-state index in [0.29, 0.717) is 16.7 Å². The van der Waals surface area contributed by atoms with Crippen LogP contribution in [0.2, 0.25) is 0 Å². The fraction of sp³-hybridized carbons (Fsp3) is 0.273. The lowest BCUT2D eigenvalue weighted by Gasteiger charge is -2.03. The SMILES string of the molecule is COCc1nnc(NC(=O)Cn2ccccc2=O)s1. The number of anilines is 1. The molecule has 0 spiro atoms. The molecule has 0 bridgehead atoms. The third-order valence-corrected chi connectivity index (χ3v) is 3.01. The third kappa shape index (κ3) is 3.70. The van der Waals surface area contributed by atoms with E-state index in [1.807, 2.05) is 0 Å². The van der Waals surface area contributed by atoms with Crippen LogP contribution in [0, 0.1) is 0 Å². The van der Waals surface area contributed by atoms with Gasteiger partial charge in [0.15, 0.2) is 0 Å². The molecule has 0 atom stereocenters. The minimum absolute atomic E-state index is 0.0567. The Hall–Kier alpha value is -2.06. The number of hydrogen-bond acceptors (Lipinski definition) is 6. The van der Waals surface area contributed by atoms with Crippen LogP contribution in [0.15, 0.2) is 29.2 Å². The predicted octanol–water partition coefficient (Wildman–Crippen LogP) is 0.485. The van der Waals surface area contributed by atoms with Gasteiger partial charge in [-0.1, -0.05) is 17.4 Å². The van der Waals surface area contributed by atoms with Gasteiger partial charge in [0.05, 0.1) is 0 Å². The van der Waals surface area contributed by atoms with Gasteiger partial charge in [-0.3, -0.25) is 14.9 Å². The molecule has 2 rings (SSSR count). The molecule has 7 nitrogen and oxygen atoms in total. The molecule has 0 radical (unpaired) electrons. The predicted molar refractivity (Wildman–Crippen MR) is 70.0 cm³/mol. The highest BCUT2D eigenvalue weighted by Gasteiger charge is 2.09. The van der Waals surface area contributed by atoms with Crippen LogP contribution in [0.4, 0.5) is 5.13 Å². The molecule has 0 aromatic carbocycles. The molecule has 0 unspecified atom stereocenters. The molecule has 100 valence electrons. The van der Waals surface area contributed by atoms with Crippen LogP contribution < -0.4 is 10.9 Å². The molecule has 0 saturated heterocycles. The van der Waals surface area contributed by atoms with Gasteiger partial charge in [0.25, 0.3) is 5.56 Å². The second kappa shape index (κ2) is 6.21. The first-order chi connectivity index (χ1) is 9.19. The number of amides is 1. The second-order valence-corrected chi connectivity index (χ2v) is 4.71. The van der Waals surface area contributed by atoms with E-state index in [1.165, 1.54) is 22.0 Å². The normalized spacial score (nSPS) is 10.4. The van der Waals surface area contributed by atoms with Gasteiger partial charge in [-0.25, -0.2) is 0 Å². The fourth-order valence-electron chi connectivity index (χ4n) is 1.39. The number of nitrogens with zero attached hydrogens (tertiary/aromatic N) is 3. The van der Waals surface area contributed by atoms with Crippen molar-refractivity contribution in [3.63, 3.8) is 0 Å². The number of pyridine rings is 1. The number of methoxy groups -OCH3 is 1.